The highest BCUT2D eigenvalue weighted by Crippen LogP contribution is 2.58. The Labute approximate surface area is 110 Å². The molecule has 0 aromatic carbocycles. The number of rotatable bonds is 5. The summed E-state index contributed by atoms with van der Waals surface area (Å²) >= 11 is 0. The Morgan fingerprint density at radius 2 is 2.11 bits per heavy atom. The van der Waals surface area contributed by atoms with Crippen molar-refractivity contribution in [3.63, 3.8) is 0 Å². The lowest BCUT2D eigenvalue weighted by Crippen LogP contribution is -2.42. The first-order chi connectivity index (χ1) is 8.49. The topological polar surface area (TPSA) is 50.4 Å². The van der Waals surface area contributed by atoms with Crippen LogP contribution in [0, 0.1) is 11.3 Å². The molecule has 2 fully saturated rings. The summed E-state index contributed by atoms with van der Waals surface area (Å²) in [7, 11) is 0. The Hall–Kier alpha value is -0.610. The maximum Gasteiger partial charge on any atom is 0.223 e. The molecule has 18 heavy (non-hydrogen) atoms. The monoisotopic (exact) mass is 254 g/mol. The second kappa shape index (κ2) is 5.17. The highest BCUT2D eigenvalue weighted by atomic mass is 16.5. The number of carbonyl (C=O) groups excluding carboxylic acids is 1. The van der Waals surface area contributed by atoms with Crippen LogP contribution in [0.2, 0.25) is 0 Å². The van der Waals surface area contributed by atoms with Crippen molar-refractivity contribution in [1.82, 2.24) is 10.6 Å². The summed E-state index contributed by atoms with van der Waals surface area (Å²) in [5, 5.41) is 6.42. The van der Waals surface area contributed by atoms with Crippen LogP contribution in [0.1, 0.15) is 40.0 Å². The molecule has 1 aliphatic heterocycles. The van der Waals surface area contributed by atoms with E-state index in [2.05, 4.69) is 10.6 Å². The first-order valence-corrected chi connectivity index (χ1v) is 7.11. The van der Waals surface area contributed by atoms with Crippen LogP contribution in [0.3, 0.4) is 0 Å². The number of nitrogens with one attached hydrogen (secondary N) is 2. The third-order valence-electron chi connectivity index (χ3n) is 4.33. The maximum atomic E-state index is 12.1. The van der Waals surface area contributed by atoms with Gasteiger partial charge in [-0.25, -0.2) is 0 Å². The minimum atomic E-state index is -0.263. The molecule has 0 aromatic rings. The van der Waals surface area contributed by atoms with Crippen molar-refractivity contribution in [2.45, 2.75) is 45.6 Å². The lowest BCUT2D eigenvalue weighted by Gasteiger charge is -2.26. The van der Waals surface area contributed by atoms with Gasteiger partial charge in [-0.1, -0.05) is 0 Å². The zero-order chi connectivity index (χ0) is 13.2. The molecular formula is C14H26N2O2. The predicted octanol–water partition coefficient (Wildman–Crippen LogP) is 1.31. The minimum absolute atomic E-state index is 0.227. The van der Waals surface area contributed by atoms with Crippen LogP contribution in [0.5, 0.6) is 0 Å². The summed E-state index contributed by atoms with van der Waals surface area (Å²) in [6.07, 6.45) is 3.38. The van der Waals surface area contributed by atoms with Crippen LogP contribution >= 0.6 is 0 Å². The summed E-state index contributed by atoms with van der Waals surface area (Å²) in [6.45, 7) is 9.43. The van der Waals surface area contributed by atoms with E-state index in [1.807, 2.05) is 20.8 Å². The van der Waals surface area contributed by atoms with E-state index in [-0.39, 0.29) is 17.4 Å². The highest BCUT2D eigenvalue weighted by Gasteiger charge is 2.57. The molecule has 1 saturated carbocycles. The standard InChI is InChI=1S/C14H26N2O2/c1-4-18-13(2,3)10-16-12(17)11-9-14(11)5-7-15-8-6-14/h11,15H,4-10H2,1-3H3,(H,16,17). The van der Waals surface area contributed by atoms with Gasteiger partial charge in [0.2, 0.25) is 5.91 Å². The molecule has 0 bridgehead atoms. The number of hydrogen-bond acceptors (Lipinski definition) is 3. The van der Waals surface area contributed by atoms with E-state index in [0.29, 0.717) is 18.6 Å². The number of hydrogen-bond donors (Lipinski definition) is 2. The molecule has 2 aliphatic rings. The van der Waals surface area contributed by atoms with Gasteiger partial charge in [-0.05, 0) is 58.5 Å². The molecule has 104 valence electrons. The highest BCUT2D eigenvalue weighted by molar-refractivity contribution is 5.82. The Morgan fingerprint density at radius 1 is 1.44 bits per heavy atom. The molecule has 2 rings (SSSR count). The van der Waals surface area contributed by atoms with Gasteiger partial charge in [-0.2, -0.15) is 0 Å². The summed E-state index contributed by atoms with van der Waals surface area (Å²) in [4.78, 5) is 12.1. The van der Waals surface area contributed by atoms with Crippen molar-refractivity contribution < 1.29 is 9.53 Å². The number of carbonyl (C=O) groups is 1. The van der Waals surface area contributed by atoms with Crippen molar-refractivity contribution in [3.8, 4) is 0 Å². The van der Waals surface area contributed by atoms with Gasteiger partial charge in [0.25, 0.3) is 0 Å². The normalized spacial score (nSPS) is 26.1. The van der Waals surface area contributed by atoms with E-state index in [9.17, 15) is 4.79 Å². The number of ether oxygens (including phenoxy) is 1. The largest absolute Gasteiger partial charge is 0.374 e. The van der Waals surface area contributed by atoms with Crippen molar-refractivity contribution in [1.29, 1.82) is 0 Å². The molecule has 1 unspecified atom stereocenters. The quantitative estimate of drug-likeness (QED) is 0.777. The van der Waals surface area contributed by atoms with E-state index < -0.39 is 0 Å². The summed E-state index contributed by atoms with van der Waals surface area (Å²) in [5.41, 5.74) is 0.0612. The molecule has 1 amide bonds. The van der Waals surface area contributed by atoms with Gasteiger partial charge < -0.3 is 15.4 Å². The van der Waals surface area contributed by atoms with Gasteiger partial charge in [-0.3, -0.25) is 4.79 Å². The fourth-order valence-electron chi connectivity index (χ4n) is 3.06. The van der Waals surface area contributed by atoms with Crippen LogP contribution in [0.4, 0.5) is 0 Å². The Bertz CT molecular complexity index is 309. The molecular weight excluding hydrogens is 228 g/mol. The van der Waals surface area contributed by atoms with Crippen molar-refractivity contribution in [3.05, 3.63) is 0 Å². The Morgan fingerprint density at radius 3 is 2.72 bits per heavy atom. The van der Waals surface area contributed by atoms with E-state index in [0.717, 1.165) is 32.4 Å². The molecule has 2 N–H and O–H groups in total. The second-order valence-corrected chi connectivity index (χ2v) is 6.28. The average molecular weight is 254 g/mol. The molecule has 1 heterocycles. The van der Waals surface area contributed by atoms with Crippen LogP contribution in [0.25, 0.3) is 0 Å². The molecule has 1 saturated heterocycles. The molecule has 4 nitrogen and oxygen atoms in total. The summed E-state index contributed by atoms with van der Waals surface area (Å²) in [5.74, 6) is 0.474. The number of amides is 1. The van der Waals surface area contributed by atoms with Crippen LogP contribution < -0.4 is 10.6 Å². The number of piperidine rings is 1. The molecule has 1 spiro atoms. The van der Waals surface area contributed by atoms with Gasteiger partial charge in [0.1, 0.15) is 0 Å². The van der Waals surface area contributed by atoms with E-state index in [4.69, 9.17) is 4.74 Å². The SMILES string of the molecule is CCOC(C)(C)CNC(=O)C1CC12CCNCC2. The molecule has 1 atom stereocenters. The van der Waals surface area contributed by atoms with E-state index >= 15 is 0 Å². The zero-order valence-electron chi connectivity index (χ0n) is 11.8. The van der Waals surface area contributed by atoms with Crippen molar-refractivity contribution in [2.75, 3.05) is 26.2 Å². The van der Waals surface area contributed by atoms with Gasteiger partial charge in [0.05, 0.1) is 5.60 Å². The van der Waals surface area contributed by atoms with Gasteiger partial charge in [0.15, 0.2) is 0 Å². The minimum Gasteiger partial charge on any atom is -0.374 e. The second-order valence-electron chi connectivity index (χ2n) is 6.28. The Kier molecular flexibility index (Phi) is 3.97. The fourth-order valence-corrected chi connectivity index (χ4v) is 3.06. The first-order valence-electron chi connectivity index (χ1n) is 7.11. The average Bonchev–Trinajstić information content (AvgIpc) is 3.01. The molecule has 1 aliphatic carbocycles. The summed E-state index contributed by atoms with van der Waals surface area (Å²) in [6, 6.07) is 0. The van der Waals surface area contributed by atoms with E-state index in [1.54, 1.807) is 0 Å². The lowest BCUT2D eigenvalue weighted by molar-refractivity contribution is -0.124. The van der Waals surface area contributed by atoms with Crippen LogP contribution in [0.15, 0.2) is 0 Å². The van der Waals surface area contributed by atoms with Crippen molar-refractivity contribution in [2.24, 2.45) is 11.3 Å². The lowest BCUT2D eigenvalue weighted by atomic mass is 9.91. The first kappa shape index (κ1) is 13.8. The predicted molar refractivity (Wildman–Crippen MR) is 71.4 cm³/mol. The van der Waals surface area contributed by atoms with E-state index in [1.165, 1.54) is 0 Å². The summed E-state index contributed by atoms with van der Waals surface area (Å²) < 4.78 is 5.59. The molecule has 0 aromatic heterocycles. The fraction of sp³-hybridized carbons (Fsp3) is 0.929. The molecule has 0 radical (unpaired) electrons. The van der Waals surface area contributed by atoms with Gasteiger partial charge in [0, 0.05) is 19.1 Å². The maximum absolute atomic E-state index is 12.1. The van der Waals surface area contributed by atoms with Gasteiger partial charge in [-0.15, -0.1) is 0 Å². The molecule has 4 heteroatoms. The third kappa shape index (κ3) is 3.04. The van der Waals surface area contributed by atoms with Gasteiger partial charge >= 0.3 is 0 Å². The van der Waals surface area contributed by atoms with Crippen LogP contribution in [-0.4, -0.2) is 37.7 Å². The third-order valence-corrected chi connectivity index (χ3v) is 4.33. The van der Waals surface area contributed by atoms with Crippen molar-refractivity contribution >= 4 is 5.91 Å². The van der Waals surface area contributed by atoms with Crippen LogP contribution in [-0.2, 0) is 9.53 Å². The smallest absolute Gasteiger partial charge is 0.223 e. The Balaban J connectivity index is 1.76. The zero-order valence-corrected chi connectivity index (χ0v) is 11.8.